The molecule has 0 radical (unpaired) electrons. The summed E-state index contributed by atoms with van der Waals surface area (Å²) < 4.78 is 40.4. The Kier molecular flexibility index (Phi) is 5.06. The number of nitrogens with zero attached hydrogens (tertiary/aromatic N) is 3. The van der Waals surface area contributed by atoms with Crippen LogP contribution in [0.3, 0.4) is 0 Å². The minimum Gasteiger partial charge on any atom is -0.481 e. The van der Waals surface area contributed by atoms with E-state index in [-0.39, 0.29) is 23.5 Å². The SMILES string of the molecule is COc1ccc2c(n1)c(N)c(N1CCOCC1)c(=O)n2Cc1c(F)cccc1F. The lowest BCUT2D eigenvalue weighted by atomic mass is 10.1. The summed E-state index contributed by atoms with van der Waals surface area (Å²) in [5.41, 5.74) is 6.85. The maximum Gasteiger partial charge on any atom is 0.277 e. The molecule has 2 N–H and O–H groups in total. The van der Waals surface area contributed by atoms with Crippen LogP contribution < -0.4 is 20.9 Å². The molecular formula is C20H20F2N4O3. The summed E-state index contributed by atoms with van der Waals surface area (Å²) in [6.45, 7) is 1.56. The number of hydrogen-bond acceptors (Lipinski definition) is 6. The molecule has 3 heterocycles. The molecule has 0 saturated carbocycles. The standard InChI is InChI=1S/C20H20F2N4O3/c1-28-16-6-5-15-18(24-16)17(23)19(25-7-9-29-10-8-25)20(27)26(15)11-12-13(21)3-2-4-14(12)22/h2-6H,7-11,23H2,1H3. The van der Waals surface area contributed by atoms with Crippen LogP contribution in [0.1, 0.15) is 5.56 Å². The number of aromatic nitrogens is 2. The number of ether oxygens (including phenoxy) is 2. The van der Waals surface area contributed by atoms with Crippen molar-refractivity contribution < 1.29 is 18.3 Å². The number of nitrogens with two attached hydrogens (primary N) is 1. The van der Waals surface area contributed by atoms with Gasteiger partial charge >= 0.3 is 0 Å². The monoisotopic (exact) mass is 402 g/mol. The van der Waals surface area contributed by atoms with Gasteiger partial charge in [0.15, 0.2) is 0 Å². The molecule has 0 bridgehead atoms. The number of halogens is 2. The van der Waals surface area contributed by atoms with E-state index in [0.717, 1.165) is 12.1 Å². The van der Waals surface area contributed by atoms with E-state index in [4.69, 9.17) is 15.2 Å². The van der Waals surface area contributed by atoms with E-state index in [1.807, 2.05) is 4.90 Å². The van der Waals surface area contributed by atoms with Crippen LogP contribution in [-0.2, 0) is 11.3 Å². The Morgan fingerprint density at radius 3 is 2.52 bits per heavy atom. The Morgan fingerprint density at radius 2 is 1.86 bits per heavy atom. The highest BCUT2D eigenvalue weighted by molar-refractivity contribution is 5.94. The highest BCUT2D eigenvalue weighted by atomic mass is 19.1. The van der Waals surface area contributed by atoms with Crippen LogP contribution in [0.25, 0.3) is 11.0 Å². The average Bonchev–Trinajstić information content (AvgIpc) is 2.73. The second kappa shape index (κ2) is 7.67. The molecule has 1 saturated heterocycles. The molecule has 4 rings (SSSR count). The van der Waals surface area contributed by atoms with Crippen LogP contribution >= 0.6 is 0 Å². The molecule has 0 amide bonds. The normalized spacial score (nSPS) is 14.4. The van der Waals surface area contributed by atoms with Crippen molar-refractivity contribution in [3.8, 4) is 5.88 Å². The molecule has 1 aliphatic rings. The van der Waals surface area contributed by atoms with Gasteiger partial charge in [-0.15, -0.1) is 0 Å². The number of morpholine rings is 1. The maximum absolute atomic E-state index is 14.3. The maximum atomic E-state index is 14.3. The number of fused-ring (bicyclic) bond motifs is 1. The Morgan fingerprint density at radius 1 is 1.17 bits per heavy atom. The van der Waals surface area contributed by atoms with Gasteiger partial charge in [-0.1, -0.05) is 6.07 Å². The average molecular weight is 402 g/mol. The van der Waals surface area contributed by atoms with Gasteiger partial charge in [-0.3, -0.25) is 4.79 Å². The van der Waals surface area contributed by atoms with Crippen LogP contribution in [0, 0.1) is 11.6 Å². The largest absolute Gasteiger partial charge is 0.481 e. The summed E-state index contributed by atoms with van der Waals surface area (Å²) in [5, 5.41) is 0. The van der Waals surface area contributed by atoms with Gasteiger partial charge in [-0.05, 0) is 18.2 Å². The highest BCUT2D eigenvalue weighted by Crippen LogP contribution is 2.30. The van der Waals surface area contributed by atoms with Gasteiger partial charge in [0.1, 0.15) is 22.8 Å². The molecule has 152 valence electrons. The zero-order chi connectivity index (χ0) is 20.5. The smallest absolute Gasteiger partial charge is 0.277 e. The van der Waals surface area contributed by atoms with Crippen molar-refractivity contribution >= 4 is 22.4 Å². The number of benzene rings is 1. The van der Waals surface area contributed by atoms with Gasteiger partial charge in [0.05, 0.1) is 38.1 Å². The number of rotatable bonds is 4. The lowest BCUT2D eigenvalue weighted by Crippen LogP contribution is -2.41. The number of nitrogen functional groups attached to an aromatic ring is 1. The number of anilines is 2. The van der Waals surface area contributed by atoms with E-state index in [0.29, 0.717) is 43.2 Å². The fourth-order valence-electron chi connectivity index (χ4n) is 3.52. The van der Waals surface area contributed by atoms with E-state index in [2.05, 4.69) is 4.98 Å². The highest BCUT2D eigenvalue weighted by Gasteiger charge is 2.24. The van der Waals surface area contributed by atoms with Gasteiger partial charge in [-0.2, -0.15) is 0 Å². The second-order valence-corrected chi connectivity index (χ2v) is 6.67. The molecule has 0 atom stereocenters. The molecule has 1 aromatic carbocycles. The Bertz CT molecular complexity index is 1110. The van der Waals surface area contributed by atoms with Crippen molar-refractivity contribution in [2.75, 3.05) is 44.0 Å². The third kappa shape index (κ3) is 3.38. The summed E-state index contributed by atoms with van der Waals surface area (Å²) in [4.78, 5) is 19.6. The molecule has 1 fully saturated rings. The van der Waals surface area contributed by atoms with Crippen LogP contribution in [0.15, 0.2) is 35.1 Å². The van der Waals surface area contributed by atoms with Gasteiger partial charge < -0.3 is 24.7 Å². The predicted octanol–water partition coefficient (Wildman–Crippen LogP) is 2.15. The number of hydrogen-bond donors (Lipinski definition) is 1. The summed E-state index contributed by atoms with van der Waals surface area (Å²) in [6, 6.07) is 6.79. The minimum absolute atomic E-state index is 0.204. The van der Waals surface area contributed by atoms with E-state index in [1.54, 1.807) is 12.1 Å². The lowest BCUT2D eigenvalue weighted by molar-refractivity contribution is 0.122. The molecular weight excluding hydrogens is 382 g/mol. The van der Waals surface area contributed by atoms with Crippen LogP contribution in [0.4, 0.5) is 20.2 Å². The van der Waals surface area contributed by atoms with E-state index in [1.165, 1.54) is 17.7 Å². The fraction of sp³-hybridized carbons (Fsp3) is 0.300. The molecule has 29 heavy (non-hydrogen) atoms. The summed E-state index contributed by atoms with van der Waals surface area (Å²) in [5.74, 6) is -1.13. The zero-order valence-electron chi connectivity index (χ0n) is 15.8. The quantitative estimate of drug-likeness (QED) is 0.720. The lowest BCUT2D eigenvalue weighted by Gasteiger charge is -2.30. The molecule has 0 spiro atoms. The number of methoxy groups -OCH3 is 1. The van der Waals surface area contributed by atoms with Crippen molar-refractivity contribution in [1.29, 1.82) is 0 Å². The van der Waals surface area contributed by atoms with Crippen molar-refractivity contribution in [2.24, 2.45) is 0 Å². The molecule has 9 heteroatoms. The minimum atomic E-state index is -0.726. The first kappa shape index (κ1) is 19.1. The Hall–Kier alpha value is -3.20. The molecule has 0 aliphatic carbocycles. The Balaban J connectivity index is 1.98. The van der Waals surface area contributed by atoms with Gasteiger partial charge in [0, 0.05) is 24.7 Å². The van der Waals surface area contributed by atoms with Crippen molar-refractivity contribution in [1.82, 2.24) is 9.55 Å². The van der Waals surface area contributed by atoms with E-state index < -0.39 is 17.2 Å². The first-order valence-electron chi connectivity index (χ1n) is 9.14. The van der Waals surface area contributed by atoms with Crippen molar-refractivity contribution in [2.45, 2.75) is 6.54 Å². The molecule has 1 aliphatic heterocycles. The van der Waals surface area contributed by atoms with Crippen molar-refractivity contribution in [3.63, 3.8) is 0 Å². The van der Waals surface area contributed by atoms with Gasteiger partial charge in [0.2, 0.25) is 5.88 Å². The van der Waals surface area contributed by atoms with Gasteiger partial charge in [-0.25, -0.2) is 13.8 Å². The summed E-state index contributed by atoms with van der Waals surface area (Å²) in [7, 11) is 1.47. The third-order valence-corrected chi connectivity index (χ3v) is 5.01. The molecule has 3 aromatic rings. The zero-order valence-corrected chi connectivity index (χ0v) is 15.8. The predicted molar refractivity (Wildman–Crippen MR) is 105 cm³/mol. The molecule has 0 unspecified atom stereocenters. The first-order valence-corrected chi connectivity index (χ1v) is 9.14. The molecule has 7 nitrogen and oxygen atoms in total. The third-order valence-electron chi connectivity index (χ3n) is 5.01. The topological polar surface area (TPSA) is 82.6 Å². The van der Waals surface area contributed by atoms with Crippen LogP contribution in [0.5, 0.6) is 5.88 Å². The van der Waals surface area contributed by atoms with Crippen LogP contribution in [0.2, 0.25) is 0 Å². The van der Waals surface area contributed by atoms with Crippen molar-refractivity contribution in [3.05, 3.63) is 57.9 Å². The number of pyridine rings is 2. The van der Waals surface area contributed by atoms with E-state index in [9.17, 15) is 13.6 Å². The summed E-state index contributed by atoms with van der Waals surface area (Å²) >= 11 is 0. The fourth-order valence-corrected chi connectivity index (χ4v) is 3.52. The Labute approximate surface area is 165 Å². The molecule has 2 aromatic heterocycles. The second-order valence-electron chi connectivity index (χ2n) is 6.67. The summed E-state index contributed by atoms with van der Waals surface area (Å²) in [6.07, 6.45) is 0. The van der Waals surface area contributed by atoms with Crippen LogP contribution in [-0.4, -0.2) is 43.0 Å². The van der Waals surface area contributed by atoms with E-state index >= 15 is 0 Å². The first-order chi connectivity index (χ1) is 14.0. The van der Waals surface area contributed by atoms with Gasteiger partial charge in [0.25, 0.3) is 5.56 Å².